The molecule has 0 aliphatic carbocycles. The maximum absolute atomic E-state index is 13.0. The Hall–Kier alpha value is -3.00. The van der Waals surface area contributed by atoms with Crippen molar-refractivity contribution in [2.75, 3.05) is 26.5 Å². The van der Waals surface area contributed by atoms with Crippen molar-refractivity contribution in [3.63, 3.8) is 0 Å². The fourth-order valence-corrected chi connectivity index (χ4v) is 2.93. The van der Waals surface area contributed by atoms with Gasteiger partial charge in [0.15, 0.2) is 13.3 Å². The average molecular weight is 451 g/mol. The maximum Gasteiger partial charge on any atom is 0.309 e. The fourth-order valence-electron chi connectivity index (χ4n) is 2.93. The number of carbonyl (C=O) groups excluding carboxylic acids is 1. The number of rotatable bonds is 12. The van der Waals surface area contributed by atoms with Crippen LogP contribution >= 0.6 is 0 Å². The summed E-state index contributed by atoms with van der Waals surface area (Å²) in [6, 6.07) is 13.5. The molecular weight excluding hydrogens is 423 g/mol. The molecule has 0 heterocycles. The van der Waals surface area contributed by atoms with Crippen molar-refractivity contribution < 1.29 is 32.5 Å². The van der Waals surface area contributed by atoms with Crippen LogP contribution < -0.4 is 14.8 Å². The van der Waals surface area contributed by atoms with Gasteiger partial charge >= 0.3 is 5.92 Å². The highest BCUT2D eigenvalue weighted by atomic mass is 19.3. The highest BCUT2D eigenvalue weighted by molar-refractivity contribution is 5.87. The van der Waals surface area contributed by atoms with E-state index in [1.165, 1.54) is 0 Å². The van der Waals surface area contributed by atoms with Crippen LogP contribution in [-0.4, -0.2) is 49.5 Å². The number of ether oxygens (including phenoxy) is 2. The standard InChI is InChI=1S/C24H28F3NO4/c1-4-22(30)28-19(13-29)14-31-20-9-5-17(6-10-20)23(2,3)18-7-11-21(12-8-18)32-16-24(26,27)15-25/h4-12,19,29H,1,13-16H2,2-3H3,(H,28,30). The highest BCUT2D eigenvalue weighted by Gasteiger charge is 2.30. The van der Waals surface area contributed by atoms with Crippen LogP contribution in [0.2, 0.25) is 0 Å². The number of carbonyl (C=O) groups is 1. The monoisotopic (exact) mass is 451 g/mol. The van der Waals surface area contributed by atoms with Gasteiger partial charge < -0.3 is 19.9 Å². The van der Waals surface area contributed by atoms with Gasteiger partial charge in [0.1, 0.15) is 18.1 Å². The number of benzene rings is 2. The highest BCUT2D eigenvalue weighted by Crippen LogP contribution is 2.33. The second-order valence-corrected chi connectivity index (χ2v) is 7.86. The molecule has 2 aromatic rings. The minimum Gasteiger partial charge on any atom is -0.491 e. The Morgan fingerprint density at radius 2 is 1.56 bits per heavy atom. The van der Waals surface area contributed by atoms with E-state index < -0.39 is 36.6 Å². The van der Waals surface area contributed by atoms with Crippen molar-refractivity contribution >= 4 is 5.91 Å². The molecule has 1 atom stereocenters. The Labute approximate surface area is 185 Å². The summed E-state index contributed by atoms with van der Waals surface area (Å²) in [6.07, 6.45) is 1.12. The van der Waals surface area contributed by atoms with Crippen LogP contribution in [0.15, 0.2) is 61.2 Å². The Morgan fingerprint density at radius 1 is 1.06 bits per heavy atom. The number of nitrogens with one attached hydrogen (secondary N) is 1. The number of amides is 1. The first kappa shape index (κ1) is 25.3. The molecule has 0 fully saturated rings. The number of hydrogen-bond donors (Lipinski definition) is 2. The van der Waals surface area contributed by atoms with E-state index in [0.717, 1.165) is 17.2 Å². The quantitative estimate of drug-likeness (QED) is 0.478. The number of alkyl halides is 3. The van der Waals surface area contributed by atoms with Crippen LogP contribution in [0.1, 0.15) is 25.0 Å². The summed E-state index contributed by atoms with van der Waals surface area (Å²) in [4.78, 5) is 11.3. The molecule has 0 aliphatic heterocycles. The van der Waals surface area contributed by atoms with Gasteiger partial charge in [-0.2, -0.15) is 8.78 Å². The molecule has 2 rings (SSSR count). The summed E-state index contributed by atoms with van der Waals surface area (Å²) in [5.74, 6) is -3.08. The molecule has 2 aromatic carbocycles. The van der Waals surface area contributed by atoms with E-state index >= 15 is 0 Å². The first-order valence-electron chi connectivity index (χ1n) is 10.1. The lowest BCUT2D eigenvalue weighted by Crippen LogP contribution is -2.40. The molecule has 0 spiro atoms. The summed E-state index contributed by atoms with van der Waals surface area (Å²) in [5.41, 5.74) is 1.52. The van der Waals surface area contributed by atoms with E-state index in [4.69, 9.17) is 9.47 Å². The average Bonchev–Trinajstić information content (AvgIpc) is 2.80. The molecule has 0 bridgehead atoms. The zero-order valence-corrected chi connectivity index (χ0v) is 18.1. The fraction of sp³-hybridized carbons (Fsp3) is 0.375. The van der Waals surface area contributed by atoms with Crippen LogP contribution in [0.3, 0.4) is 0 Å². The smallest absolute Gasteiger partial charge is 0.309 e. The van der Waals surface area contributed by atoms with Crippen LogP contribution in [-0.2, 0) is 10.2 Å². The lowest BCUT2D eigenvalue weighted by Gasteiger charge is -2.27. The first-order chi connectivity index (χ1) is 15.1. The van der Waals surface area contributed by atoms with E-state index in [-0.39, 0.29) is 19.0 Å². The number of halogens is 3. The molecule has 0 saturated carbocycles. The summed E-state index contributed by atoms with van der Waals surface area (Å²) in [6.45, 7) is 4.46. The van der Waals surface area contributed by atoms with Crippen molar-refractivity contribution in [3.05, 3.63) is 72.3 Å². The molecule has 1 amide bonds. The largest absolute Gasteiger partial charge is 0.491 e. The summed E-state index contributed by atoms with van der Waals surface area (Å²) < 4.78 is 48.9. The molecule has 5 nitrogen and oxygen atoms in total. The van der Waals surface area contributed by atoms with Gasteiger partial charge in [-0.05, 0) is 41.5 Å². The van der Waals surface area contributed by atoms with Gasteiger partial charge in [0.05, 0.1) is 12.6 Å². The molecule has 32 heavy (non-hydrogen) atoms. The third kappa shape index (κ3) is 7.02. The summed E-state index contributed by atoms with van der Waals surface area (Å²) in [5, 5.41) is 11.9. The zero-order chi connectivity index (χ0) is 23.8. The van der Waals surface area contributed by atoms with Crippen molar-refractivity contribution in [1.82, 2.24) is 5.32 Å². The van der Waals surface area contributed by atoms with Gasteiger partial charge in [-0.15, -0.1) is 0 Å². The summed E-state index contributed by atoms with van der Waals surface area (Å²) >= 11 is 0. The number of aliphatic hydroxyl groups excluding tert-OH is 1. The van der Waals surface area contributed by atoms with Crippen molar-refractivity contribution in [1.29, 1.82) is 0 Å². The van der Waals surface area contributed by atoms with Gasteiger partial charge in [-0.25, -0.2) is 4.39 Å². The van der Waals surface area contributed by atoms with Crippen molar-refractivity contribution in [2.24, 2.45) is 0 Å². The van der Waals surface area contributed by atoms with Crippen LogP contribution in [0.4, 0.5) is 13.2 Å². The lowest BCUT2D eigenvalue weighted by atomic mass is 9.78. The number of hydrogen-bond acceptors (Lipinski definition) is 4. The van der Waals surface area contributed by atoms with Gasteiger partial charge in [-0.3, -0.25) is 4.79 Å². The molecule has 174 valence electrons. The third-order valence-electron chi connectivity index (χ3n) is 5.00. The molecule has 2 N–H and O–H groups in total. The van der Waals surface area contributed by atoms with Crippen LogP contribution in [0.25, 0.3) is 0 Å². The van der Waals surface area contributed by atoms with Gasteiger partial charge in [-0.1, -0.05) is 44.7 Å². The molecule has 0 saturated heterocycles. The Morgan fingerprint density at radius 3 is 2.00 bits per heavy atom. The second kappa shape index (κ2) is 11.0. The predicted octanol–water partition coefficient (Wildman–Crippen LogP) is 4.04. The SMILES string of the molecule is C=CC(=O)NC(CO)COc1ccc(C(C)(C)c2ccc(OCC(F)(F)CF)cc2)cc1. The minimum absolute atomic E-state index is 0.0989. The Bertz CT molecular complexity index is 883. The molecule has 0 aliphatic rings. The minimum atomic E-state index is -3.50. The van der Waals surface area contributed by atoms with Gasteiger partial charge in [0.2, 0.25) is 5.91 Å². The van der Waals surface area contributed by atoms with E-state index in [1.54, 1.807) is 36.4 Å². The predicted molar refractivity (Wildman–Crippen MR) is 116 cm³/mol. The Balaban J connectivity index is 2.01. The van der Waals surface area contributed by atoms with E-state index in [1.807, 2.05) is 26.0 Å². The normalized spacial score (nSPS) is 12.7. The van der Waals surface area contributed by atoms with E-state index in [0.29, 0.717) is 5.75 Å². The molecular formula is C24H28F3NO4. The van der Waals surface area contributed by atoms with E-state index in [2.05, 4.69) is 11.9 Å². The molecule has 0 radical (unpaired) electrons. The van der Waals surface area contributed by atoms with E-state index in [9.17, 15) is 23.1 Å². The first-order valence-corrected chi connectivity index (χ1v) is 10.1. The molecule has 1 unspecified atom stereocenters. The maximum atomic E-state index is 13.0. The lowest BCUT2D eigenvalue weighted by molar-refractivity contribution is -0.117. The third-order valence-corrected chi connectivity index (χ3v) is 5.00. The van der Waals surface area contributed by atoms with Crippen molar-refractivity contribution in [3.8, 4) is 11.5 Å². The Kier molecular flexibility index (Phi) is 8.72. The molecule has 8 heteroatoms. The van der Waals surface area contributed by atoms with Gasteiger partial charge in [0.25, 0.3) is 0 Å². The van der Waals surface area contributed by atoms with Crippen LogP contribution in [0, 0.1) is 0 Å². The van der Waals surface area contributed by atoms with Crippen LogP contribution in [0.5, 0.6) is 11.5 Å². The van der Waals surface area contributed by atoms with Gasteiger partial charge in [0, 0.05) is 5.41 Å². The number of aliphatic hydroxyl groups is 1. The zero-order valence-electron chi connectivity index (χ0n) is 18.1. The second-order valence-electron chi connectivity index (χ2n) is 7.86. The molecule has 0 aromatic heterocycles. The summed E-state index contributed by atoms with van der Waals surface area (Å²) in [7, 11) is 0. The topological polar surface area (TPSA) is 67.8 Å². The van der Waals surface area contributed by atoms with Crippen molar-refractivity contribution in [2.45, 2.75) is 31.2 Å².